The van der Waals surface area contributed by atoms with E-state index < -0.39 is 5.95 Å². The smallest absolute Gasteiger partial charge is 0.613 e. The van der Waals surface area contributed by atoms with Gasteiger partial charge in [-0.3, -0.25) is 4.79 Å². The van der Waals surface area contributed by atoms with Gasteiger partial charge in [0.15, 0.2) is 5.78 Å². The zero-order valence-electron chi connectivity index (χ0n) is 11.9. The summed E-state index contributed by atoms with van der Waals surface area (Å²) in [6, 6.07) is 4.83. The number of thiol groups is 1. The molecular formula is C14H16ClLiO3S. The molecule has 0 aliphatic carbocycles. The second-order valence-electron chi connectivity index (χ2n) is 3.94. The standard InChI is InChI=1S/C14H17ClO3S.Li/c1-3-5-10(14(17)18-4-2)13(16)11-8-9(19)6-7-12(11)15;/h6-8,17,19H,3-5H2,1-2H3;/q;+1/p-1. The molecule has 0 aliphatic rings. The molecule has 0 bridgehead atoms. The van der Waals surface area contributed by atoms with Crippen LogP contribution in [0.3, 0.4) is 0 Å². The van der Waals surface area contributed by atoms with E-state index in [-0.39, 0.29) is 42.4 Å². The van der Waals surface area contributed by atoms with E-state index >= 15 is 0 Å². The summed E-state index contributed by atoms with van der Waals surface area (Å²) in [5, 5.41) is 12.1. The summed E-state index contributed by atoms with van der Waals surface area (Å²) in [7, 11) is 0. The molecule has 0 atom stereocenters. The summed E-state index contributed by atoms with van der Waals surface area (Å²) in [5.74, 6) is -0.962. The Bertz CT molecular complexity index is 503. The van der Waals surface area contributed by atoms with Crippen molar-refractivity contribution in [2.24, 2.45) is 0 Å². The van der Waals surface area contributed by atoms with E-state index in [1.807, 2.05) is 6.92 Å². The summed E-state index contributed by atoms with van der Waals surface area (Å²) < 4.78 is 4.91. The number of carbonyl (C=O) groups is 1. The first-order valence-electron chi connectivity index (χ1n) is 6.07. The Hall–Kier alpha value is -0.533. The van der Waals surface area contributed by atoms with E-state index in [0.29, 0.717) is 22.8 Å². The van der Waals surface area contributed by atoms with Crippen molar-refractivity contribution in [3.8, 4) is 0 Å². The first-order valence-corrected chi connectivity index (χ1v) is 6.89. The molecule has 1 aromatic carbocycles. The quantitative estimate of drug-likeness (QED) is 0.269. The first-order chi connectivity index (χ1) is 9.01. The molecule has 0 saturated heterocycles. The fraction of sp³-hybridized carbons (Fsp3) is 0.357. The van der Waals surface area contributed by atoms with Crippen molar-refractivity contribution in [2.75, 3.05) is 6.61 Å². The normalized spacial score (nSPS) is 11.4. The van der Waals surface area contributed by atoms with Gasteiger partial charge in [0.05, 0.1) is 11.0 Å². The van der Waals surface area contributed by atoms with Gasteiger partial charge in [0, 0.05) is 16.0 Å². The van der Waals surface area contributed by atoms with Gasteiger partial charge in [0.25, 0.3) is 0 Å². The Balaban J connectivity index is 0.00000361. The van der Waals surface area contributed by atoms with Gasteiger partial charge in [-0.25, -0.2) is 0 Å². The maximum absolute atomic E-state index is 12.4. The summed E-state index contributed by atoms with van der Waals surface area (Å²) >= 11 is 10.2. The topological polar surface area (TPSA) is 49.4 Å². The number of hydrogen-bond donors (Lipinski definition) is 1. The molecule has 0 heterocycles. The van der Waals surface area contributed by atoms with E-state index in [1.54, 1.807) is 25.1 Å². The molecule has 0 N–H and O–H groups in total. The molecule has 6 heteroatoms. The van der Waals surface area contributed by atoms with Crippen molar-refractivity contribution in [2.45, 2.75) is 31.6 Å². The molecule has 0 saturated carbocycles. The maximum atomic E-state index is 12.4. The number of Topliss-reactive ketones (excluding diaryl/α,β-unsaturated/α-hetero) is 1. The van der Waals surface area contributed by atoms with Crippen LogP contribution in [0.2, 0.25) is 5.02 Å². The molecule has 0 aromatic heterocycles. The van der Waals surface area contributed by atoms with Crippen LogP contribution in [0.5, 0.6) is 0 Å². The number of ether oxygens (including phenoxy) is 1. The van der Waals surface area contributed by atoms with Gasteiger partial charge in [-0.05, 0) is 31.2 Å². The summed E-state index contributed by atoms with van der Waals surface area (Å²) in [6.07, 6.45) is 1.04. The molecule has 0 fully saturated rings. The van der Waals surface area contributed by atoms with Crippen LogP contribution in [0, 0.1) is 0 Å². The minimum atomic E-state index is -0.574. The number of halogens is 1. The van der Waals surface area contributed by atoms with Gasteiger partial charge in [0.1, 0.15) is 0 Å². The zero-order chi connectivity index (χ0) is 14.4. The van der Waals surface area contributed by atoms with Crippen molar-refractivity contribution in [1.29, 1.82) is 0 Å². The predicted molar refractivity (Wildman–Crippen MR) is 76.6 cm³/mol. The van der Waals surface area contributed by atoms with Crippen molar-refractivity contribution >= 4 is 30.0 Å². The van der Waals surface area contributed by atoms with E-state index in [1.165, 1.54) is 0 Å². The summed E-state index contributed by atoms with van der Waals surface area (Å²) in [6.45, 7) is 3.83. The third-order valence-corrected chi connectivity index (χ3v) is 3.10. The van der Waals surface area contributed by atoms with Gasteiger partial charge < -0.3 is 9.84 Å². The number of hydrogen-bond acceptors (Lipinski definition) is 4. The van der Waals surface area contributed by atoms with Crippen LogP contribution < -0.4 is 24.0 Å². The van der Waals surface area contributed by atoms with Crippen LogP contribution in [0.25, 0.3) is 0 Å². The Labute approximate surface area is 141 Å². The van der Waals surface area contributed by atoms with Crippen molar-refractivity contribution in [3.63, 3.8) is 0 Å². The fourth-order valence-electron chi connectivity index (χ4n) is 1.63. The third kappa shape index (κ3) is 5.10. The van der Waals surface area contributed by atoms with Crippen molar-refractivity contribution < 1.29 is 33.5 Å². The van der Waals surface area contributed by atoms with Crippen molar-refractivity contribution in [3.05, 3.63) is 40.3 Å². The van der Waals surface area contributed by atoms with Crippen LogP contribution >= 0.6 is 24.2 Å². The van der Waals surface area contributed by atoms with Crippen LogP contribution in [0.4, 0.5) is 0 Å². The molecule has 0 unspecified atom stereocenters. The van der Waals surface area contributed by atoms with E-state index in [0.717, 1.165) is 0 Å². The Morgan fingerprint density at radius 2 is 2.05 bits per heavy atom. The van der Waals surface area contributed by atoms with E-state index in [2.05, 4.69) is 12.6 Å². The van der Waals surface area contributed by atoms with Crippen LogP contribution in [-0.2, 0) is 4.74 Å². The fourth-order valence-corrected chi connectivity index (χ4v) is 2.03. The monoisotopic (exact) mass is 306 g/mol. The molecule has 1 rings (SSSR count). The summed E-state index contributed by atoms with van der Waals surface area (Å²) in [5.41, 5.74) is 0.413. The van der Waals surface area contributed by atoms with Gasteiger partial charge in [-0.2, -0.15) is 0 Å². The zero-order valence-corrected chi connectivity index (χ0v) is 13.6. The second-order valence-corrected chi connectivity index (χ2v) is 4.87. The van der Waals surface area contributed by atoms with Crippen molar-refractivity contribution in [1.82, 2.24) is 0 Å². The Kier molecular flexibility index (Phi) is 9.16. The van der Waals surface area contributed by atoms with Gasteiger partial charge >= 0.3 is 18.9 Å². The minimum Gasteiger partial charge on any atom is -0.613 e. The van der Waals surface area contributed by atoms with Crippen LogP contribution in [-0.4, -0.2) is 12.4 Å². The second kappa shape index (κ2) is 9.41. The molecule has 20 heavy (non-hydrogen) atoms. The largest absolute Gasteiger partial charge is 1.00 e. The SMILES string of the molecule is CCCC(C(=O)c1cc(S)ccc1Cl)=C([O-])OCC.[Li+]. The van der Waals surface area contributed by atoms with Gasteiger partial charge in [-0.1, -0.05) is 31.9 Å². The molecule has 0 spiro atoms. The predicted octanol–water partition coefficient (Wildman–Crippen LogP) is 0.224. The maximum Gasteiger partial charge on any atom is 1.00 e. The average Bonchev–Trinajstić information content (AvgIpc) is 2.38. The molecule has 0 radical (unpaired) electrons. The molecule has 3 nitrogen and oxygen atoms in total. The molecular weight excluding hydrogens is 291 g/mol. The number of allylic oxidation sites excluding steroid dienone is 1. The molecule has 0 aliphatic heterocycles. The Morgan fingerprint density at radius 3 is 2.60 bits per heavy atom. The minimum absolute atomic E-state index is 0. The molecule has 0 amide bonds. The van der Waals surface area contributed by atoms with E-state index in [9.17, 15) is 9.90 Å². The van der Waals surface area contributed by atoms with Crippen LogP contribution in [0.1, 0.15) is 37.0 Å². The average molecular weight is 307 g/mol. The number of rotatable bonds is 6. The number of ketones is 1. The van der Waals surface area contributed by atoms with Gasteiger partial charge in [-0.15, -0.1) is 12.6 Å². The van der Waals surface area contributed by atoms with Gasteiger partial charge in [0.2, 0.25) is 0 Å². The van der Waals surface area contributed by atoms with Crippen LogP contribution in [0.15, 0.2) is 34.6 Å². The number of benzene rings is 1. The first kappa shape index (κ1) is 19.5. The molecule has 104 valence electrons. The third-order valence-electron chi connectivity index (χ3n) is 2.49. The number of carbonyl (C=O) groups excluding carboxylic acids is 1. The molecule has 1 aromatic rings. The van der Waals surface area contributed by atoms with E-state index in [4.69, 9.17) is 16.3 Å². The summed E-state index contributed by atoms with van der Waals surface area (Å²) in [4.78, 5) is 13.0. The Morgan fingerprint density at radius 1 is 1.40 bits per heavy atom.